The second-order valence-corrected chi connectivity index (χ2v) is 4.23. The molecule has 1 rings (SSSR count). The second kappa shape index (κ2) is 3.56. The van der Waals surface area contributed by atoms with E-state index in [1.54, 1.807) is 18.3 Å². The minimum absolute atomic E-state index is 0.197. The highest BCUT2D eigenvalue weighted by Crippen LogP contribution is 2.17. The quantitative estimate of drug-likeness (QED) is 0.747. The number of thiophene rings is 1. The minimum atomic E-state index is -0.791. The van der Waals surface area contributed by atoms with Crippen molar-refractivity contribution in [3.05, 3.63) is 22.4 Å². The van der Waals surface area contributed by atoms with Gasteiger partial charge in [0.2, 0.25) is 0 Å². The zero-order chi connectivity index (χ0) is 9.19. The van der Waals surface area contributed by atoms with Crippen molar-refractivity contribution in [2.45, 2.75) is 31.9 Å². The van der Waals surface area contributed by atoms with Crippen LogP contribution in [0.25, 0.3) is 0 Å². The van der Waals surface area contributed by atoms with Crippen molar-refractivity contribution in [3.63, 3.8) is 0 Å². The van der Waals surface area contributed by atoms with Gasteiger partial charge in [0.05, 0.1) is 5.60 Å². The van der Waals surface area contributed by atoms with E-state index in [2.05, 4.69) is 0 Å². The molecule has 0 radical (unpaired) electrons. The average Bonchev–Trinajstić information content (AvgIpc) is 2.38. The molecule has 1 aromatic heterocycles. The van der Waals surface area contributed by atoms with Crippen LogP contribution >= 0.6 is 11.3 Å². The fourth-order valence-electron chi connectivity index (χ4n) is 0.967. The zero-order valence-corrected chi connectivity index (χ0v) is 8.27. The van der Waals surface area contributed by atoms with E-state index in [-0.39, 0.29) is 6.04 Å². The Bertz CT molecular complexity index is 229. The van der Waals surface area contributed by atoms with Crippen LogP contribution in [0.15, 0.2) is 16.8 Å². The number of hydrogen-bond acceptors (Lipinski definition) is 3. The van der Waals surface area contributed by atoms with Gasteiger partial charge in [0.25, 0.3) is 0 Å². The highest BCUT2D eigenvalue weighted by Gasteiger charge is 2.25. The molecule has 0 aliphatic rings. The summed E-state index contributed by atoms with van der Waals surface area (Å²) in [5, 5.41) is 13.9. The summed E-state index contributed by atoms with van der Waals surface area (Å²) in [6.07, 6.45) is 0.633. The highest BCUT2D eigenvalue weighted by molar-refractivity contribution is 7.07. The average molecular weight is 185 g/mol. The lowest BCUT2D eigenvalue weighted by Gasteiger charge is -2.26. The summed E-state index contributed by atoms with van der Waals surface area (Å²) < 4.78 is 0. The maximum absolute atomic E-state index is 9.84. The number of rotatable bonds is 3. The molecule has 0 saturated carbocycles. The molecule has 68 valence electrons. The molecule has 1 aromatic rings. The maximum atomic E-state index is 9.84. The minimum Gasteiger partial charge on any atom is -0.388 e. The van der Waals surface area contributed by atoms with Crippen LogP contribution in [0.3, 0.4) is 0 Å². The number of hydrogen-bond donors (Lipinski definition) is 2. The van der Waals surface area contributed by atoms with Crippen LogP contribution in [0.1, 0.15) is 19.4 Å². The molecule has 0 amide bonds. The van der Waals surface area contributed by atoms with Gasteiger partial charge < -0.3 is 10.8 Å². The first kappa shape index (κ1) is 9.71. The Morgan fingerprint density at radius 1 is 1.75 bits per heavy atom. The van der Waals surface area contributed by atoms with Crippen molar-refractivity contribution < 1.29 is 5.11 Å². The molecular weight excluding hydrogens is 170 g/mol. The molecule has 0 aromatic carbocycles. The molecule has 0 fully saturated rings. The van der Waals surface area contributed by atoms with E-state index in [0.717, 1.165) is 5.56 Å². The van der Waals surface area contributed by atoms with Gasteiger partial charge in [-0.15, -0.1) is 0 Å². The third-order valence-corrected chi connectivity index (χ3v) is 2.86. The monoisotopic (exact) mass is 185 g/mol. The summed E-state index contributed by atoms with van der Waals surface area (Å²) in [4.78, 5) is 0. The van der Waals surface area contributed by atoms with Crippen molar-refractivity contribution in [1.29, 1.82) is 0 Å². The third-order valence-electron chi connectivity index (χ3n) is 2.12. The fraction of sp³-hybridized carbons (Fsp3) is 0.556. The van der Waals surface area contributed by atoms with Gasteiger partial charge in [-0.25, -0.2) is 0 Å². The Morgan fingerprint density at radius 2 is 2.42 bits per heavy atom. The van der Waals surface area contributed by atoms with Gasteiger partial charge in [-0.1, -0.05) is 0 Å². The van der Waals surface area contributed by atoms with Crippen molar-refractivity contribution in [2.75, 3.05) is 0 Å². The summed E-state index contributed by atoms with van der Waals surface area (Å²) in [5.41, 5.74) is 6.00. The second-order valence-electron chi connectivity index (χ2n) is 3.45. The smallest absolute Gasteiger partial charge is 0.0807 e. The van der Waals surface area contributed by atoms with E-state index >= 15 is 0 Å². The van der Waals surface area contributed by atoms with Gasteiger partial charge in [0.15, 0.2) is 0 Å². The maximum Gasteiger partial charge on any atom is 0.0807 e. The fourth-order valence-corrected chi connectivity index (χ4v) is 1.64. The Balaban J connectivity index is 2.62. The molecule has 12 heavy (non-hydrogen) atoms. The third kappa shape index (κ3) is 2.30. The normalized spacial score (nSPS) is 18.7. The molecule has 1 heterocycles. The van der Waals surface area contributed by atoms with Crippen LogP contribution in [0.2, 0.25) is 0 Å². The van der Waals surface area contributed by atoms with E-state index in [4.69, 9.17) is 5.73 Å². The molecule has 2 atom stereocenters. The van der Waals surface area contributed by atoms with Crippen LogP contribution < -0.4 is 5.73 Å². The first-order chi connectivity index (χ1) is 5.52. The summed E-state index contributed by atoms with van der Waals surface area (Å²) in [7, 11) is 0. The van der Waals surface area contributed by atoms with E-state index in [1.165, 1.54) is 0 Å². The Labute approximate surface area is 77.0 Å². The Hall–Kier alpha value is -0.380. The molecule has 0 bridgehead atoms. The predicted octanol–water partition coefficient (Wildman–Crippen LogP) is 1.39. The van der Waals surface area contributed by atoms with Crippen molar-refractivity contribution >= 4 is 11.3 Å². The van der Waals surface area contributed by atoms with Crippen molar-refractivity contribution in [2.24, 2.45) is 5.73 Å². The van der Waals surface area contributed by atoms with Gasteiger partial charge in [-0.05, 0) is 36.2 Å². The topological polar surface area (TPSA) is 46.2 Å². The van der Waals surface area contributed by atoms with Gasteiger partial charge >= 0.3 is 0 Å². The first-order valence-corrected chi connectivity index (χ1v) is 4.95. The molecular formula is C9H15NOS. The van der Waals surface area contributed by atoms with E-state index in [9.17, 15) is 5.11 Å². The first-order valence-electron chi connectivity index (χ1n) is 4.01. The summed E-state index contributed by atoms with van der Waals surface area (Å²) in [6, 6.07) is 1.82. The van der Waals surface area contributed by atoms with E-state index in [1.807, 2.05) is 23.8 Å². The van der Waals surface area contributed by atoms with E-state index in [0.29, 0.717) is 6.42 Å². The summed E-state index contributed by atoms with van der Waals surface area (Å²) in [5.74, 6) is 0. The molecule has 0 spiro atoms. The zero-order valence-electron chi connectivity index (χ0n) is 7.45. The van der Waals surface area contributed by atoms with Crippen LogP contribution in [0.5, 0.6) is 0 Å². The molecule has 3 N–H and O–H groups in total. The summed E-state index contributed by atoms with van der Waals surface area (Å²) in [6.45, 7) is 3.60. The van der Waals surface area contributed by atoms with Crippen LogP contribution in [0, 0.1) is 0 Å². The molecule has 0 aliphatic carbocycles. The lowest BCUT2D eigenvalue weighted by atomic mass is 9.92. The van der Waals surface area contributed by atoms with Crippen LogP contribution in [-0.4, -0.2) is 16.7 Å². The molecule has 2 nitrogen and oxygen atoms in total. The van der Waals surface area contributed by atoms with Crippen LogP contribution in [-0.2, 0) is 6.42 Å². The van der Waals surface area contributed by atoms with Gasteiger partial charge in [0.1, 0.15) is 0 Å². The SMILES string of the molecule is CC(N)C(C)(O)Cc1ccsc1. The van der Waals surface area contributed by atoms with Crippen LogP contribution in [0.4, 0.5) is 0 Å². The summed E-state index contributed by atoms with van der Waals surface area (Å²) >= 11 is 1.64. The predicted molar refractivity (Wildman–Crippen MR) is 52.3 cm³/mol. The van der Waals surface area contributed by atoms with Gasteiger partial charge in [-0.2, -0.15) is 11.3 Å². The van der Waals surface area contributed by atoms with Crippen molar-refractivity contribution in [3.8, 4) is 0 Å². The van der Waals surface area contributed by atoms with Crippen molar-refractivity contribution in [1.82, 2.24) is 0 Å². The standard InChI is InChI=1S/C9H15NOS/c1-7(10)9(2,11)5-8-3-4-12-6-8/h3-4,6-7,11H,5,10H2,1-2H3. The van der Waals surface area contributed by atoms with Gasteiger partial charge in [0, 0.05) is 12.5 Å². The Kier molecular flexibility index (Phi) is 2.88. The highest BCUT2D eigenvalue weighted by atomic mass is 32.1. The molecule has 2 unspecified atom stereocenters. The van der Waals surface area contributed by atoms with E-state index < -0.39 is 5.60 Å². The Morgan fingerprint density at radius 3 is 2.83 bits per heavy atom. The number of nitrogens with two attached hydrogens (primary N) is 1. The lowest BCUT2D eigenvalue weighted by molar-refractivity contribution is 0.0390. The number of aliphatic hydroxyl groups is 1. The van der Waals surface area contributed by atoms with Gasteiger partial charge in [-0.3, -0.25) is 0 Å². The largest absolute Gasteiger partial charge is 0.388 e. The molecule has 0 saturated heterocycles. The lowest BCUT2D eigenvalue weighted by Crippen LogP contribution is -2.45. The molecule has 3 heteroatoms. The molecule has 0 aliphatic heterocycles.